The highest BCUT2D eigenvalue weighted by Gasteiger charge is 2.24. The third kappa shape index (κ3) is 11.1. The van der Waals surface area contributed by atoms with Crippen LogP contribution in [0.1, 0.15) is 38.3 Å². The van der Waals surface area contributed by atoms with Crippen LogP contribution in [0.2, 0.25) is 0 Å². The van der Waals surface area contributed by atoms with E-state index >= 15 is 0 Å². The Balaban J connectivity index is 1.74. The molecule has 0 spiro atoms. The van der Waals surface area contributed by atoms with Crippen LogP contribution in [0, 0.1) is 0 Å². The van der Waals surface area contributed by atoms with Crippen LogP contribution >= 0.6 is 0 Å². The average Bonchev–Trinajstić information content (AvgIpc) is 2.78. The summed E-state index contributed by atoms with van der Waals surface area (Å²) in [5, 5.41) is 17.0. The fraction of sp³-hybridized carbons (Fsp3) is 0.360. The molecule has 0 radical (unpaired) electrons. The number of rotatable bonds is 10. The quantitative estimate of drug-likeness (QED) is 0.403. The number of carboxylic acids is 1. The summed E-state index contributed by atoms with van der Waals surface area (Å²) in [5.74, 6) is -1.50. The van der Waals surface area contributed by atoms with Gasteiger partial charge in [-0.05, 0) is 44.0 Å². The average molecular weight is 486 g/mol. The van der Waals surface area contributed by atoms with E-state index in [1.807, 2.05) is 30.3 Å². The molecule has 0 aliphatic carbocycles. The monoisotopic (exact) mass is 485 g/mol. The molecule has 2 aromatic rings. The van der Waals surface area contributed by atoms with Gasteiger partial charge >= 0.3 is 18.2 Å². The van der Waals surface area contributed by atoms with E-state index in [1.165, 1.54) is 0 Å². The minimum absolute atomic E-state index is 0.0395. The SMILES string of the molecule is CC(C)(C)OC(=O)NC(Cc1ccc(NC(=O)CCNC(=O)OCc2ccccc2)cc1)C(=O)O. The molecule has 0 bridgehead atoms. The highest BCUT2D eigenvalue weighted by Crippen LogP contribution is 2.13. The number of hydrogen-bond acceptors (Lipinski definition) is 6. The second-order valence-corrected chi connectivity index (χ2v) is 8.72. The molecule has 35 heavy (non-hydrogen) atoms. The molecule has 1 atom stereocenters. The largest absolute Gasteiger partial charge is 0.480 e. The number of aliphatic carboxylic acids is 1. The molecule has 10 nitrogen and oxygen atoms in total. The third-order valence-corrected chi connectivity index (χ3v) is 4.50. The smallest absolute Gasteiger partial charge is 0.408 e. The first-order valence-corrected chi connectivity index (χ1v) is 11.1. The Morgan fingerprint density at radius 3 is 2.17 bits per heavy atom. The summed E-state index contributed by atoms with van der Waals surface area (Å²) >= 11 is 0. The number of amides is 3. The molecule has 1 unspecified atom stereocenters. The standard InChI is InChI=1S/C25H31N3O7/c1-25(2,3)35-24(33)28-20(22(30)31)15-17-9-11-19(12-10-17)27-21(29)13-14-26-23(32)34-16-18-7-5-4-6-8-18/h4-12,20H,13-16H2,1-3H3,(H,26,32)(H,27,29)(H,28,33)(H,30,31). The first-order chi connectivity index (χ1) is 16.5. The molecular formula is C25H31N3O7. The van der Waals surface area contributed by atoms with E-state index in [-0.39, 0.29) is 31.9 Å². The Kier molecular flexibility index (Phi) is 10.1. The molecule has 2 aromatic carbocycles. The lowest BCUT2D eigenvalue weighted by molar-refractivity contribution is -0.139. The summed E-state index contributed by atoms with van der Waals surface area (Å²) in [6.45, 7) is 5.30. The van der Waals surface area contributed by atoms with Crippen molar-refractivity contribution in [1.82, 2.24) is 10.6 Å². The van der Waals surface area contributed by atoms with Gasteiger partial charge in [0.05, 0.1) is 0 Å². The second kappa shape index (κ2) is 13.0. The Morgan fingerprint density at radius 1 is 0.914 bits per heavy atom. The minimum Gasteiger partial charge on any atom is -0.480 e. The molecule has 0 aliphatic heterocycles. The molecule has 188 valence electrons. The number of carbonyl (C=O) groups is 4. The van der Waals surface area contributed by atoms with Gasteiger partial charge in [0.15, 0.2) is 0 Å². The number of nitrogens with one attached hydrogen (secondary N) is 3. The van der Waals surface area contributed by atoms with Gasteiger partial charge in [-0.15, -0.1) is 0 Å². The molecule has 4 N–H and O–H groups in total. The van der Waals surface area contributed by atoms with Gasteiger partial charge in [0, 0.05) is 25.1 Å². The van der Waals surface area contributed by atoms with Crippen molar-refractivity contribution in [3.8, 4) is 0 Å². The van der Waals surface area contributed by atoms with Crippen LogP contribution in [-0.4, -0.2) is 47.4 Å². The van der Waals surface area contributed by atoms with Crippen LogP contribution in [0.3, 0.4) is 0 Å². The number of alkyl carbamates (subject to hydrolysis) is 2. The number of carbonyl (C=O) groups excluding carboxylic acids is 3. The lowest BCUT2D eigenvalue weighted by Gasteiger charge is -2.22. The normalized spacial score (nSPS) is 11.6. The van der Waals surface area contributed by atoms with Crippen LogP contribution in [0.5, 0.6) is 0 Å². The number of benzene rings is 2. The van der Waals surface area contributed by atoms with Crippen molar-refractivity contribution in [3.05, 3.63) is 65.7 Å². The van der Waals surface area contributed by atoms with Gasteiger partial charge in [-0.2, -0.15) is 0 Å². The molecule has 0 aromatic heterocycles. The molecule has 0 aliphatic rings. The highest BCUT2D eigenvalue weighted by molar-refractivity contribution is 5.91. The molecule has 0 saturated heterocycles. The lowest BCUT2D eigenvalue weighted by atomic mass is 10.1. The number of ether oxygens (including phenoxy) is 2. The molecule has 0 heterocycles. The fourth-order valence-corrected chi connectivity index (χ4v) is 2.89. The molecule has 3 amide bonds. The van der Waals surface area contributed by atoms with Gasteiger partial charge in [0.2, 0.25) is 5.91 Å². The zero-order valence-electron chi connectivity index (χ0n) is 20.0. The number of carboxylic acid groups (broad SMARTS) is 1. The van der Waals surface area contributed by atoms with Crippen molar-refractivity contribution >= 4 is 29.8 Å². The number of anilines is 1. The summed E-state index contributed by atoms with van der Waals surface area (Å²) < 4.78 is 10.2. The third-order valence-electron chi connectivity index (χ3n) is 4.50. The van der Waals surface area contributed by atoms with Crippen molar-refractivity contribution in [3.63, 3.8) is 0 Å². The van der Waals surface area contributed by atoms with Crippen molar-refractivity contribution in [2.45, 2.75) is 51.9 Å². The predicted octanol–water partition coefficient (Wildman–Crippen LogP) is 3.46. The van der Waals surface area contributed by atoms with Crippen molar-refractivity contribution in [2.75, 3.05) is 11.9 Å². The fourth-order valence-electron chi connectivity index (χ4n) is 2.89. The van der Waals surface area contributed by atoms with Gasteiger partial charge in [0.25, 0.3) is 0 Å². The summed E-state index contributed by atoms with van der Waals surface area (Å²) in [6.07, 6.45) is -1.34. The zero-order valence-corrected chi connectivity index (χ0v) is 20.0. The van der Waals surface area contributed by atoms with Gasteiger partial charge < -0.3 is 30.5 Å². The molecular weight excluding hydrogens is 454 g/mol. The van der Waals surface area contributed by atoms with E-state index in [0.29, 0.717) is 11.3 Å². The zero-order chi connectivity index (χ0) is 25.8. The van der Waals surface area contributed by atoms with Gasteiger partial charge in [-0.3, -0.25) is 4.79 Å². The first-order valence-electron chi connectivity index (χ1n) is 11.1. The highest BCUT2D eigenvalue weighted by atomic mass is 16.6. The summed E-state index contributed by atoms with van der Waals surface area (Å²) in [5.41, 5.74) is 1.27. The van der Waals surface area contributed by atoms with Gasteiger partial charge in [-0.1, -0.05) is 42.5 Å². The summed E-state index contributed by atoms with van der Waals surface area (Å²) in [7, 11) is 0. The summed E-state index contributed by atoms with van der Waals surface area (Å²) in [4.78, 5) is 47.2. The van der Waals surface area contributed by atoms with E-state index < -0.39 is 29.8 Å². The molecule has 0 fully saturated rings. The first kappa shape index (κ1) is 27.2. The van der Waals surface area contributed by atoms with E-state index in [4.69, 9.17) is 9.47 Å². The van der Waals surface area contributed by atoms with Crippen LogP contribution in [0.15, 0.2) is 54.6 Å². The lowest BCUT2D eigenvalue weighted by Crippen LogP contribution is -2.44. The number of hydrogen-bond donors (Lipinski definition) is 4. The molecule has 10 heteroatoms. The maximum Gasteiger partial charge on any atom is 0.408 e. The summed E-state index contributed by atoms with van der Waals surface area (Å²) in [6, 6.07) is 14.6. The van der Waals surface area contributed by atoms with Gasteiger partial charge in [0.1, 0.15) is 18.2 Å². The Labute approximate surface area is 204 Å². The van der Waals surface area contributed by atoms with Crippen LogP contribution < -0.4 is 16.0 Å². The van der Waals surface area contributed by atoms with E-state index in [2.05, 4.69) is 16.0 Å². The minimum atomic E-state index is -1.19. The second-order valence-electron chi connectivity index (χ2n) is 8.72. The van der Waals surface area contributed by atoms with Crippen LogP contribution in [0.25, 0.3) is 0 Å². The molecule has 2 rings (SSSR count). The topological polar surface area (TPSA) is 143 Å². The van der Waals surface area contributed by atoms with E-state index in [0.717, 1.165) is 5.56 Å². The Morgan fingerprint density at radius 2 is 1.57 bits per heavy atom. The van der Waals surface area contributed by atoms with Crippen LogP contribution in [-0.2, 0) is 32.1 Å². The van der Waals surface area contributed by atoms with E-state index in [1.54, 1.807) is 45.0 Å². The Bertz CT molecular complexity index is 1000. The van der Waals surface area contributed by atoms with Crippen molar-refractivity contribution < 1.29 is 33.8 Å². The maximum atomic E-state index is 12.1. The Hall–Kier alpha value is -4.08. The van der Waals surface area contributed by atoms with Gasteiger partial charge in [-0.25, -0.2) is 14.4 Å². The molecule has 0 saturated carbocycles. The maximum absolute atomic E-state index is 12.1. The van der Waals surface area contributed by atoms with Crippen LogP contribution in [0.4, 0.5) is 15.3 Å². The van der Waals surface area contributed by atoms with Crippen molar-refractivity contribution in [2.24, 2.45) is 0 Å². The van der Waals surface area contributed by atoms with E-state index in [9.17, 15) is 24.3 Å². The predicted molar refractivity (Wildman–Crippen MR) is 129 cm³/mol. The van der Waals surface area contributed by atoms with Crippen molar-refractivity contribution in [1.29, 1.82) is 0 Å².